The van der Waals surface area contributed by atoms with Gasteiger partial charge in [-0.3, -0.25) is 0 Å². The second kappa shape index (κ2) is 10.4. The largest absolute Gasteiger partial charge is 0.463 e. The standard InChI is InChI=1S/C21H23NO4S/c1-2-26-21(23)13-12-19-8-10-20(11-9-19)14-16-22-27(24,25)17-15-18-6-4-3-5-7-18/h3-13,15,17,22H,2,14,16H2,1H3/b13-12+,17-15?. The van der Waals surface area contributed by atoms with Crippen LogP contribution in [0, 0.1) is 0 Å². The van der Waals surface area contributed by atoms with Crippen LogP contribution in [0.1, 0.15) is 23.6 Å². The number of hydrogen-bond acceptors (Lipinski definition) is 4. The lowest BCUT2D eigenvalue weighted by molar-refractivity contribution is -0.137. The normalized spacial score (nSPS) is 11.9. The number of rotatable bonds is 9. The lowest BCUT2D eigenvalue weighted by atomic mass is 10.1. The summed E-state index contributed by atoms with van der Waals surface area (Å²) in [6.45, 7) is 2.41. The highest BCUT2D eigenvalue weighted by atomic mass is 32.2. The molecule has 1 N–H and O–H groups in total. The molecule has 2 aromatic carbocycles. The van der Waals surface area contributed by atoms with Crippen LogP contribution in [0.15, 0.2) is 66.1 Å². The van der Waals surface area contributed by atoms with Crippen LogP contribution in [0.4, 0.5) is 0 Å². The maximum atomic E-state index is 12.0. The van der Waals surface area contributed by atoms with Crippen LogP contribution < -0.4 is 4.72 Å². The molecule has 0 aromatic heterocycles. The first-order valence-electron chi connectivity index (χ1n) is 8.65. The molecule has 0 unspecified atom stereocenters. The zero-order chi connectivity index (χ0) is 19.5. The lowest BCUT2D eigenvalue weighted by Crippen LogP contribution is -2.23. The van der Waals surface area contributed by atoms with Crippen molar-refractivity contribution in [3.63, 3.8) is 0 Å². The van der Waals surface area contributed by atoms with Crippen LogP contribution in [0.2, 0.25) is 0 Å². The third-order valence-electron chi connectivity index (χ3n) is 3.63. The fourth-order valence-corrected chi connectivity index (χ4v) is 3.09. The minimum atomic E-state index is -3.47. The number of ether oxygens (including phenoxy) is 1. The van der Waals surface area contributed by atoms with Crippen molar-refractivity contribution in [1.82, 2.24) is 4.72 Å². The number of carbonyl (C=O) groups excluding carboxylic acids is 1. The molecule has 142 valence electrons. The Morgan fingerprint density at radius 2 is 1.67 bits per heavy atom. The molecule has 2 aromatic rings. The Morgan fingerprint density at radius 3 is 2.33 bits per heavy atom. The average Bonchev–Trinajstić information content (AvgIpc) is 2.67. The Bertz CT molecular complexity index is 886. The summed E-state index contributed by atoms with van der Waals surface area (Å²) in [6, 6.07) is 16.8. The summed E-state index contributed by atoms with van der Waals surface area (Å²) in [7, 11) is -3.47. The van der Waals surface area contributed by atoms with Crippen LogP contribution in [-0.4, -0.2) is 27.5 Å². The Kier molecular flexibility index (Phi) is 7.98. The van der Waals surface area contributed by atoms with Crippen LogP contribution in [0.5, 0.6) is 0 Å². The van der Waals surface area contributed by atoms with E-state index in [1.165, 1.54) is 11.5 Å². The van der Waals surface area contributed by atoms with E-state index < -0.39 is 10.0 Å². The molecular formula is C21H23NO4S. The topological polar surface area (TPSA) is 72.5 Å². The van der Waals surface area contributed by atoms with Crippen molar-refractivity contribution < 1.29 is 17.9 Å². The van der Waals surface area contributed by atoms with Crippen LogP contribution in [0.3, 0.4) is 0 Å². The quantitative estimate of drug-likeness (QED) is 0.530. The van der Waals surface area contributed by atoms with Gasteiger partial charge < -0.3 is 4.74 Å². The van der Waals surface area contributed by atoms with Crippen molar-refractivity contribution >= 4 is 28.1 Å². The molecule has 0 aliphatic carbocycles. The highest BCUT2D eigenvalue weighted by molar-refractivity contribution is 7.92. The Morgan fingerprint density at radius 1 is 1.00 bits per heavy atom. The fourth-order valence-electron chi connectivity index (χ4n) is 2.27. The van der Waals surface area contributed by atoms with Gasteiger partial charge in [0.25, 0.3) is 0 Å². The number of esters is 1. The molecule has 0 saturated carbocycles. The SMILES string of the molecule is CCOC(=O)/C=C/c1ccc(CCNS(=O)(=O)C=Cc2ccccc2)cc1. The van der Waals surface area contributed by atoms with Gasteiger partial charge >= 0.3 is 5.97 Å². The molecule has 2 rings (SSSR count). The van der Waals surface area contributed by atoms with E-state index in [-0.39, 0.29) is 5.97 Å². The number of nitrogens with one attached hydrogen (secondary N) is 1. The van der Waals surface area contributed by atoms with Gasteiger partial charge in [0.1, 0.15) is 0 Å². The first-order chi connectivity index (χ1) is 13.0. The third-order valence-corrected chi connectivity index (χ3v) is 4.74. The number of sulfonamides is 1. The summed E-state index contributed by atoms with van der Waals surface area (Å²) in [5.74, 6) is -0.375. The maximum absolute atomic E-state index is 12.0. The maximum Gasteiger partial charge on any atom is 0.330 e. The molecule has 0 aliphatic heterocycles. The minimum Gasteiger partial charge on any atom is -0.463 e. The molecule has 0 atom stereocenters. The van der Waals surface area contributed by atoms with E-state index in [1.807, 2.05) is 54.6 Å². The first-order valence-corrected chi connectivity index (χ1v) is 10.2. The molecule has 5 nitrogen and oxygen atoms in total. The van der Waals surface area contributed by atoms with Crippen LogP contribution >= 0.6 is 0 Å². The second-order valence-corrected chi connectivity index (χ2v) is 7.38. The molecule has 0 spiro atoms. The number of benzene rings is 2. The van der Waals surface area contributed by atoms with Gasteiger partial charge in [0.2, 0.25) is 10.0 Å². The molecule has 0 aliphatic rings. The van der Waals surface area contributed by atoms with E-state index in [4.69, 9.17) is 4.74 Å². The van der Waals surface area contributed by atoms with Gasteiger partial charge in [0.05, 0.1) is 6.61 Å². The monoisotopic (exact) mass is 385 g/mol. The molecule has 6 heteroatoms. The number of hydrogen-bond donors (Lipinski definition) is 1. The Balaban J connectivity index is 1.82. The smallest absolute Gasteiger partial charge is 0.330 e. The lowest BCUT2D eigenvalue weighted by Gasteiger charge is -2.04. The molecule has 27 heavy (non-hydrogen) atoms. The molecule has 0 amide bonds. The predicted molar refractivity (Wildman–Crippen MR) is 108 cm³/mol. The summed E-state index contributed by atoms with van der Waals surface area (Å²) in [5.41, 5.74) is 2.70. The van der Waals surface area contributed by atoms with E-state index in [0.29, 0.717) is 19.6 Å². The van der Waals surface area contributed by atoms with Crippen LogP contribution in [0.25, 0.3) is 12.2 Å². The van der Waals surface area contributed by atoms with Gasteiger partial charge in [-0.1, -0.05) is 54.6 Å². The van der Waals surface area contributed by atoms with Crippen molar-refractivity contribution in [2.45, 2.75) is 13.3 Å². The van der Waals surface area contributed by atoms with Crippen LogP contribution in [-0.2, 0) is 26.0 Å². The summed E-state index contributed by atoms with van der Waals surface area (Å²) >= 11 is 0. The van der Waals surface area contributed by atoms with Crippen molar-refractivity contribution in [2.75, 3.05) is 13.2 Å². The predicted octanol–water partition coefficient (Wildman–Crippen LogP) is 3.40. The molecule has 0 heterocycles. The van der Waals surface area contributed by atoms with Gasteiger partial charge in [-0.15, -0.1) is 0 Å². The molecular weight excluding hydrogens is 362 g/mol. The van der Waals surface area contributed by atoms with Gasteiger partial charge in [0.15, 0.2) is 0 Å². The summed E-state index contributed by atoms with van der Waals surface area (Å²) in [4.78, 5) is 11.3. The van der Waals surface area contributed by atoms with Crippen molar-refractivity contribution in [3.8, 4) is 0 Å². The number of carbonyl (C=O) groups is 1. The molecule has 0 saturated heterocycles. The van der Waals surface area contributed by atoms with E-state index >= 15 is 0 Å². The molecule has 0 fully saturated rings. The average molecular weight is 385 g/mol. The Labute approximate surface area is 160 Å². The summed E-state index contributed by atoms with van der Waals surface area (Å²) < 4.78 is 31.4. The highest BCUT2D eigenvalue weighted by Gasteiger charge is 2.04. The summed E-state index contributed by atoms with van der Waals surface area (Å²) in [6.07, 6.45) is 5.19. The van der Waals surface area contributed by atoms with Crippen molar-refractivity contribution in [3.05, 3.63) is 82.8 Å². The van der Waals surface area contributed by atoms with E-state index in [2.05, 4.69) is 4.72 Å². The third kappa shape index (κ3) is 8.02. The van der Waals surface area contributed by atoms with E-state index in [1.54, 1.807) is 19.1 Å². The van der Waals surface area contributed by atoms with Gasteiger partial charge in [-0.25, -0.2) is 17.9 Å². The zero-order valence-electron chi connectivity index (χ0n) is 15.2. The van der Waals surface area contributed by atoms with Crippen molar-refractivity contribution in [2.24, 2.45) is 0 Å². The van der Waals surface area contributed by atoms with Gasteiger partial charge in [0, 0.05) is 18.0 Å². The molecule has 0 radical (unpaired) electrons. The van der Waals surface area contributed by atoms with E-state index in [0.717, 1.165) is 16.7 Å². The highest BCUT2D eigenvalue weighted by Crippen LogP contribution is 2.07. The fraction of sp³-hybridized carbons (Fsp3) is 0.190. The zero-order valence-corrected chi connectivity index (χ0v) is 16.0. The minimum absolute atomic E-state index is 0.305. The Hall–Kier alpha value is -2.70. The second-order valence-electron chi connectivity index (χ2n) is 5.73. The summed E-state index contributed by atoms with van der Waals surface area (Å²) in [5, 5.41) is 1.17. The first kappa shape index (κ1) is 20.6. The van der Waals surface area contributed by atoms with E-state index in [9.17, 15) is 13.2 Å². The van der Waals surface area contributed by atoms with Crippen molar-refractivity contribution in [1.29, 1.82) is 0 Å². The van der Waals surface area contributed by atoms with Gasteiger partial charge in [-0.2, -0.15) is 0 Å². The molecule has 0 bridgehead atoms. The van der Waals surface area contributed by atoms with Gasteiger partial charge in [-0.05, 0) is 42.2 Å².